The van der Waals surface area contributed by atoms with Gasteiger partial charge in [-0.05, 0) is 49.2 Å². The van der Waals surface area contributed by atoms with Crippen LogP contribution in [-0.2, 0) is 27.7 Å². The van der Waals surface area contributed by atoms with Crippen LogP contribution in [0.2, 0.25) is 0 Å². The lowest BCUT2D eigenvalue weighted by Crippen LogP contribution is -2.49. The van der Waals surface area contributed by atoms with Crippen LogP contribution in [0.5, 0.6) is 0 Å². The summed E-state index contributed by atoms with van der Waals surface area (Å²) < 4.78 is 23.4. The summed E-state index contributed by atoms with van der Waals surface area (Å²) in [5.74, 6) is 5.23. The molecular weight excluding hydrogens is 436 g/mol. The number of aromatic nitrogens is 1. The molecule has 0 fully saturated rings. The summed E-state index contributed by atoms with van der Waals surface area (Å²) in [6.45, 7) is 1.29. The molecule has 9 heteroatoms. The van der Waals surface area contributed by atoms with Gasteiger partial charge in [-0.15, -0.1) is 11.3 Å². The van der Waals surface area contributed by atoms with Gasteiger partial charge in [0.15, 0.2) is 9.84 Å². The molecule has 0 spiro atoms. The number of carbonyl (C=O) groups is 1. The molecule has 0 radical (unpaired) electrons. The maximum Gasteiger partial charge on any atom is 0.264 e. The van der Waals surface area contributed by atoms with Gasteiger partial charge < -0.3 is 5.11 Å². The predicted molar refractivity (Wildman–Crippen MR) is 119 cm³/mol. The van der Waals surface area contributed by atoms with E-state index < -0.39 is 20.5 Å². The zero-order valence-electron chi connectivity index (χ0n) is 17.0. The molecule has 0 saturated heterocycles. The number of aryl methyl sites for hydroxylation is 1. The van der Waals surface area contributed by atoms with Gasteiger partial charge in [-0.2, -0.15) is 0 Å². The van der Waals surface area contributed by atoms with Crippen LogP contribution in [-0.4, -0.2) is 40.6 Å². The Balaban J connectivity index is 1.79. The smallest absolute Gasteiger partial charge is 0.264 e. The van der Waals surface area contributed by atoms with Gasteiger partial charge in [0.1, 0.15) is 4.75 Å². The van der Waals surface area contributed by atoms with E-state index in [4.69, 9.17) is 10.3 Å². The average molecular weight is 459 g/mol. The Labute approximate surface area is 184 Å². The van der Waals surface area contributed by atoms with Crippen molar-refractivity contribution >= 4 is 37.3 Å². The Morgan fingerprint density at radius 2 is 1.81 bits per heavy atom. The standard InChI is InChI=1S/C22H22N2O5S2/c1-22(21(26)24-27,31(2,28)29)12-11-20-23-18-10-9-16(13-19(18)30-20)6-3-15-4-7-17(14-25)8-5-15/h4-5,7-10,13,25,27H,11-12,14H2,1-2H3,(H,24,26)/t22-/m1/s1. The monoisotopic (exact) mass is 458 g/mol. The predicted octanol–water partition coefficient (Wildman–Crippen LogP) is 2.43. The second kappa shape index (κ2) is 9.16. The maximum atomic E-state index is 12.1. The minimum absolute atomic E-state index is 0.00541. The second-order valence-electron chi connectivity index (χ2n) is 7.34. The number of hydrogen-bond acceptors (Lipinski definition) is 7. The Bertz CT molecular complexity index is 1270. The molecule has 1 heterocycles. The Morgan fingerprint density at radius 3 is 2.42 bits per heavy atom. The summed E-state index contributed by atoms with van der Waals surface area (Å²) in [6.07, 6.45) is 1.24. The molecule has 162 valence electrons. The van der Waals surface area contributed by atoms with Crippen molar-refractivity contribution in [1.29, 1.82) is 0 Å². The van der Waals surface area contributed by atoms with E-state index in [2.05, 4.69) is 16.8 Å². The number of thiazole rings is 1. The number of rotatable bonds is 6. The van der Waals surface area contributed by atoms with Gasteiger partial charge in [0, 0.05) is 23.8 Å². The van der Waals surface area contributed by atoms with Crippen LogP contribution in [0.3, 0.4) is 0 Å². The van der Waals surface area contributed by atoms with Crippen molar-refractivity contribution < 1.29 is 23.5 Å². The van der Waals surface area contributed by atoms with Crippen molar-refractivity contribution in [3.8, 4) is 11.8 Å². The lowest BCUT2D eigenvalue weighted by atomic mass is 10.0. The van der Waals surface area contributed by atoms with E-state index in [1.165, 1.54) is 23.7 Å². The first-order valence-electron chi connectivity index (χ1n) is 9.42. The number of nitrogens with one attached hydrogen (secondary N) is 1. The SMILES string of the molecule is C[C@@](CCc1nc2ccc(C#Cc3ccc(CO)cc3)cc2s1)(C(=O)NO)S(C)(=O)=O. The quantitative estimate of drug-likeness (QED) is 0.297. The zero-order chi connectivity index (χ0) is 22.6. The number of hydrogen-bond donors (Lipinski definition) is 3. The van der Waals surface area contributed by atoms with Crippen molar-refractivity contribution in [2.24, 2.45) is 0 Å². The first-order chi connectivity index (χ1) is 14.7. The molecule has 31 heavy (non-hydrogen) atoms. The third-order valence-corrected chi connectivity index (χ3v) is 8.24. The van der Waals surface area contributed by atoms with Gasteiger partial charge in [0.05, 0.1) is 21.8 Å². The van der Waals surface area contributed by atoms with Crippen molar-refractivity contribution in [3.05, 3.63) is 64.2 Å². The summed E-state index contributed by atoms with van der Waals surface area (Å²) in [6, 6.07) is 13.0. The number of aliphatic hydroxyl groups is 1. The van der Waals surface area contributed by atoms with Gasteiger partial charge in [-0.25, -0.2) is 18.9 Å². The Hall–Kier alpha value is -2.77. The number of aliphatic hydroxyl groups excluding tert-OH is 1. The minimum Gasteiger partial charge on any atom is -0.392 e. The summed E-state index contributed by atoms with van der Waals surface area (Å²) in [4.78, 5) is 16.5. The van der Waals surface area contributed by atoms with Crippen LogP contribution >= 0.6 is 11.3 Å². The van der Waals surface area contributed by atoms with Crippen LogP contribution in [0.4, 0.5) is 0 Å². The number of nitrogens with zero attached hydrogens (tertiary/aromatic N) is 1. The number of hydroxylamine groups is 1. The zero-order valence-corrected chi connectivity index (χ0v) is 18.7. The molecule has 0 bridgehead atoms. The largest absolute Gasteiger partial charge is 0.392 e. The van der Waals surface area contributed by atoms with Gasteiger partial charge in [-0.1, -0.05) is 24.0 Å². The van der Waals surface area contributed by atoms with Crippen LogP contribution < -0.4 is 5.48 Å². The second-order valence-corrected chi connectivity index (χ2v) is 10.9. The van der Waals surface area contributed by atoms with Gasteiger partial charge >= 0.3 is 0 Å². The summed E-state index contributed by atoms with van der Waals surface area (Å²) in [5.41, 5.74) is 4.70. The molecule has 1 aromatic heterocycles. The van der Waals surface area contributed by atoms with E-state index in [0.29, 0.717) is 5.01 Å². The van der Waals surface area contributed by atoms with E-state index in [0.717, 1.165) is 33.2 Å². The highest BCUT2D eigenvalue weighted by Gasteiger charge is 2.43. The fourth-order valence-electron chi connectivity index (χ4n) is 2.93. The molecule has 3 aromatic rings. The molecule has 7 nitrogen and oxygen atoms in total. The lowest BCUT2D eigenvalue weighted by molar-refractivity contribution is -0.131. The van der Waals surface area contributed by atoms with Crippen molar-refractivity contribution in [2.75, 3.05) is 6.26 Å². The highest BCUT2D eigenvalue weighted by Crippen LogP contribution is 2.28. The van der Waals surface area contributed by atoms with Crippen LogP contribution in [0.25, 0.3) is 10.2 Å². The average Bonchev–Trinajstić information content (AvgIpc) is 3.17. The molecule has 2 aromatic carbocycles. The normalized spacial score (nSPS) is 13.3. The summed E-state index contributed by atoms with van der Waals surface area (Å²) >= 11 is 1.41. The fourth-order valence-corrected chi connectivity index (χ4v) is 4.79. The molecule has 0 saturated carbocycles. The third-order valence-electron chi connectivity index (χ3n) is 5.14. The molecule has 0 aliphatic carbocycles. The molecule has 1 atom stereocenters. The number of sulfone groups is 1. The van der Waals surface area contributed by atoms with Crippen LogP contribution in [0.1, 0.15) is 35.0 Å². The molecule has 3 rings (SSSR count). The van der Waals surface area contributed by atoms with E-state index in [9.17, 15) is 13.2 Å². The molecule has 1 amide bonds. The van der Waals surface area contributed by atoms with E-state index in [-0.39, 0.29) is 19.4 Å². The first kappa shape index (κ1) is 22.9. The first-order valence-corrected chi connectivity index (χ1v) is 12.1. The van der Waals surface area contributed by atoms with E-state index >= 15 is 0 Å². The summed E-state index contributed by atoms with van der Waals surface area (Å²) in [7, 11) is -3.75. The molecule has 3 N–H and O–H groups in total. The Morgan fingerprint density at radius 1 is 1.16 bits per heavy atom. The van der Waals surface area contributed by atoms with E-state index in [1.54, 1.807) is 0 Å². The topological polar surface area (TPSA) is 117 Å². The Kier molecular flexibility index (Phi) is 6.77. The van der Waals surface area contributed by atoms with Crippen molar-refractivity contribution in [1.82, 2.24) is 10.5 Å². The highest BCUT2D eigenvalue weighted by atomic mass is 32.2. The minimum atomic E-state index is -3.75. The number of amides is 1. The third kappa shape index (κ3) is 5.11. The lowest BCUT2D eigenvalue weighted by Gasteiger charge is -2.24. The van der Waals surface area contributed by atoms with Gasteiger partial charge in [0.2, 0.25) is 0 Å². The maximum absolute atomic E-state index is 12.1. The molecule has 0 aliphatic rings. The van der Waals surface area contributed by atoms with Crippen LogP contribution in [0.15, 0.2) is 42.5 Å². The van der Waals surface area contributed by atoms with Gasteiger partial charge in [-0.3, -0.25) is 10.0 Å². The fraction of sp³-hybridized carbons (Fsp3) is 0.273. The van der Waals surface area contributed by atoms with Crippen molar-refractivity contribution in [3.63, 3.8) is 0 Å². The van der Waals surface area contributed by atoms with Gasteiger partial charge in [0.25, 0.3) is 5.91 Å². The van der Waals surface area contributed by atoms with Crippen molar-refractivity contribution in [2.45, 2.75) is 31.1 Å². The number of benzene rings is 2. The highest BCUT2D eigenvalue weighted by molar-refractivity contribution is 7.92. The number of carbonyl (C=O) groups excluding carboxylic acids is 1. The number of fused-ring (bicyclic) bond motifs is 1. The molecule has 0 aliphatic heterocycles. The van der Waals surface area contributed by atoms with Crippen LogP contribution in [0, 0.1) is 11.8 Å². The summed E-state index contributed by atoms with van der Waals surface area (Å²) in [5, 5.41) is 18.7. The molecular formula is C22H22N2O5S2. The molecule has 0 unspecified atom stereocenters. The van der Waals surface area contributed by atoms with E-state index in [1.807, 2.05) is 42.5 Å².